The first-order chi connectivity index (χ1) is 17.5. The molecule has 0 atom stereocenters. The van der Waals surface area contributed by atoms with Crippen molar-refractivity contribution in [1.82, 2.24) is 24.9 Å². The van der Waals surface area contributed by atoms with Gasteiger partial charge in [0.25, 0.3) is 0 Å². The summed E-state index contributed by atoms with van der Waals surface area (Å²) in [6.07, 6.45) is 10.5. The summed E-state index contributed by atoms with van der Waals surface area (Å²) in [6, 6.07) is 8.99. The second kappa shape index (κ2) is 10.2. The third kappa shape index (κ3) is 5.11. The molecule has 0 aliphatic heterocycles. The van der Waals surface area contributed by atoms with Crippen LogP contribution in [-0.4, -0.2) is 24.9 Å². The van der Waals surface area contributed by atoms with Gasteiger partial charge in [-0.3, -0.25) is 15.0 Å². The molecule has 0 aliphatic rings. The predicted molar refractivity (Wildman–Crippen MR) is 144 cm³/mol. The molecule has 0 radical (unpaired) electrons. The Balaban J connectivity index is 1.41. The molecular formula is C27H26FN7S. The van der Waals surface area contributed by atoms with E-state index in [9.17, 15) is 4.39 Å². The number of nitrogens with one attached hydrogen (secondary N) is 2. The molecule has 0 saturated carbocycles. The molecule has 0 fully saturated rings. The third-order valence-electron chi connectivity index (χ3n) is 5.83. The number of hydrogen-bond acceptors (Lipinski definition) is 7. The van der Waals surface area contributed by atoms with Crippen LogP contribution in [0.15, 0.2) is 67.4 Å². The van der Waals surface area contributed by atoms with Crippen LogP contribution in [0, 0.1) is 5.13 Å². The van der Waals surface area contributed by atoms with E-state index in [4.69, 9.17) is 10.7 Å². The highest BCUT2D eigenvalue weighted by Crippen LogP contribution is 2.31. The van der Waals surface area contributed by atoms with Crippen LogP contribution in [0.25, 0.3) is 32.9 Å². The maximum Gasteiger partial charge on any atom is 0.177 e. The summed E-state index contributed by atoms with van der Waals surface area (Å²) in [5.41, 5.74) is 13.4. The molecule has 36 heavy (non-hydrogen) atoms. The summed E-state index contributed by atoms with van der Waals surface area (Å²) < 4.78 is 13.6. The summed E-state index contributed by atoms with van der Waals surface area (Å²) in [4.78, 5) is 22.2. The Labute approximate surface area is 212 Å². The highest BCUT2D eigenvalue weighted by Gasteiger charge is 2.14. The van der Waals surface area contributed by atoms with Gasteiger partial charge in [-0.15, -0.1) is 11.3 Å². The minimum Gasteiger partial charge on any atom is -0.397 e. The molecule has 0 aliphatic carbocycles. The van der Waals surface area contributed by atoms with Gasteiger partial charge in [-0.05, 0) is 48.7 Å². The van der Waals surface area contributed by atoms with Gasteiger partial charge in [0.2, 0.25) is 0 Å². The number of rotatable bonds is 9. The van der Waals surface area contributed by atoms with Crippen LogP contribution < -0.4 is 11.1 Å². The summed E-state index contributed by atoms with van der Waals surface area (Å²) in [5, 5.41) is 3.08. The van der Waals surface area contributed by atoms with Crippen molar-refractivity contribution in [2.45, 2.75) is 32.6 Å². The van der Waals surface area contributed by atoms with Crippen LogP contribution in [0.2, 0.25) is 0 Å². The number of halogens is 1. The molecule has 0 bridgehead atoms. The zero-order chi connectivity index (χ0) is 25.1. The molecule has 0 amide bonds. The Kier molecular flexibility index (Phi) is 6.73. The summed E-state index contributed by atoms with van der Waals surface area (Å²) in [6.45, 7) is 6.26. The molecule has 0 unspecified atom stereocenters. The summed E-state index contributed by atoms with van der Waals surface area (Å²) in [5.74, 6) is 0.737. The van der Waals surface area contributed by atoms with Gasteiger partial charge in [-0.1, -0.05) is 19.9 Å². The van der Waals surface area contributed by atoms with E-state index in [0.717, 1.165) is 75.0 Å². The zero-order valence-electron chi connectivity index (χ0n) is 19.9. The molecule has 5 rings (SSSR count). The molecule has 0 aromatic carbocycles. The molecule has 7 nitrogen and oxygen atoms in total. The van der Waals surface area contributed by atoms with Crippen LogP contribution in [0.3, 0.4) is 0 Å². The maximum atomic E-state index is 13.6. The van der Waals surface area contributed by atoms with Crippen LogP contribution >= 0.6 is 11.3 Å². The van der Waals surface area contributed by atoms with Crippen molar-refractivity contribution >= 4 is 33.7 Å². The van der Waals surface area contributed by atoms with Crippen molar-refractivity contribution in [3.8, 4) is 21.8 Å². The number of allylic oxidation sites excluding steroid dienone is 1. The Morgan fingerprint density at radius 1 is 1.17 bits per heavy atom. The van der Waals surface area contributed by atoms with Gasteiger partial charge in [-0.25, -0.2) is 4.98 Å². The van der Waals surface area contributed by atoms with Gasteiger partial charge >= 0.3 is 0 Å². The topological polar surface area (TPSA) is 105 Å². The van der Waals surface area contributed by atoms with Gasteiger partial charge < -0.3 is 16.0 Å². The maximum absolute atomic E-state index is 13.6. The summed E-state index contributed by atoms with van der Waals surface area (Å²) >= 11 is 1.05. The minimum absolute atomic E-state index is 0.254. The smallest absolute Gasteiger partial charge is 0.177 e. The van der Waals surface area contributed by atoms with E-state index in [2.05, 4.69) is 38.8 Å². The fraction of sp³-hybridized carbons (Fsp3) is 0.185. The molecule has 5 heterocycles. The number of nitrogens with two attached hydrogens (primary N) is 1. The first-order valence-electron chi connectivity index (χ1n) is 11.7. The first-order valence-corrected chi connectivity index (χ1v) is 12.6. The number of imidazole rings is 1. The molecule has 0 spiro atoms. The molecule has 9 heteroatoms. The standard InChI is InChI=1S/C27H26FN7S/c1-3-4-5-16(2)33-19-10-18(13-30-14-19)22-11-17(20(29)15-32-22)12-25-34-21-8-9-31-27(26(21)35-25)23-6-7-24(28)36-23/h6-11,13-15,33H,2-5,12,29H2,1H3,(H,34,35). The SMILES string of the molecule is C=C(CCCC)Nc1cncc(-c2cc(Cc3nc4c(-c5ccc(F)s5)nccc4[nH]3)c(N)cn2)c1. The average molecular weight is 500 g/mol. The second-order valence-corrected chi connectivity index (χ2v) is 9.62. The number of hydrogen-bond donors (Lipinski definition) is 3. The summed E-state index contributed by atoms with van der Waals surface area (Å²) in [7, 11) is 0. The Hall–Kier alpha value is -4.11. The van der Waals surface area contributed by atoms with Gasteiger partial charge in [0.1, 0.15) is 17.0 Å². The first kappa shape index (κ1) is 23.6. The van der Waals surface area contributed by atoms with Gasteiger partial charge in [0.15, 0.2) is 5.13 Å². The van der Waals surface area contributed by atoms with E-state index in [1.807, 2.05) is 18.2 Å². The molecule has 5 aromatic rings. The van der Waals surface area contributed by atoms with Crippen LogP contribution in [-0.2, 0) is 6.42 Å². The van der Waals surface area contributed by atoms with Crippen molar-refractivity contribution in [2.75, 3.05) is 11.1 Å². The lowest BCUT2D eigenvalue weighted by Gasteiger charge is -2.11. The Morgan fingerprint density at radius 3 is 2.86 bits per heavy atom. The van der Waals surface area contributed by atoms with E-state index < -0.39 is 0 Å². The number of nitrogen functional groups attached to an aromatic ring is 1. The fourth-order valence-corrected chi connectivity index (χ4v) is 4.72. The van der Waals surface area contributed by atoms with Crippen molar-refractivity contribution in [3.63, 3.8) is 0 Å². The lowest BCUT2D eigenvalue weighted by molar-refractivity contribution is 0.657. The number of H-pyrrole nitrogens is 1. The van der Waals surface area contributed by atoms with Crippen LogP contribution in [0.5, 0.6) is 0 Å². The quantitative estimate of drug-likeness (QED) is 0.212. The molecule has 5 aromatic heterocycles. The number of pyridine rings is 3. The number of anilines is 2. The van der Waals surface area contributed by atoms with E-state index in [1.54, 1.807) is 30.9 Å². The normalized spacial score (nSPS) is 11.2. The van der Waals surface area contributed by atoms with E-state index in [-0.39, 0.29) is 5.13 Å². The van der Waals surface area contributed by atoms with Crippen molar-refractivity contribution < 1.29 is 4.39 Å². The monoisotopic (exact) mass is 499 g/mol. The average Bonchev–Trinajstić information content (AvgIpc) is 3.49. The third-order valence-corrected chi connectivity index (χ3v) is 6.71. The lowest BCUT2D eigenvalue weighted by Crippen LogP contribution is -2.01. The fourth-order valence-electron chi connectivity index (χ4n) is 4.00. The number of aromatic amines is 1. The van der Waals surface area contributed by atoms with Crippen molar-refractivity contribution in [3.05, 3.63) is 83.9 Å². The van der Waals surface area contributed by atoms with E-state index in [0.29, 0.717) is 23.3 Å². The van der Waals surface area contributed by atoms with E-state index >= 15 is 0 Å². The molecule has 182 valence electrons. The highest BCUT2D eigenvalue weighted by atomic mass is 32.1. The Bertz CT molecular complexity index is 1540. The number of unbranched alkanes of at least 4 members (excludes halogenated alkanes) is 1. The van der Waals surface area contributed by atoms with E-state index in [1.165, 1.54) is 6.07 Å². The molecular weight excluding hydrogens is 473 g/mol. The van der Waals surface area contributed by atoms with Crippen molar-refractivity contribution in [1.29, 1.82) is 0 Å². The van der Waals surface area contributed by atoms with Gasteiger partial charge in [-0.2, -0.15) is 4.39 Å². The van der Waals surface area contributed by atoms with Crippen molar-refractivity contribution in [2.24, 2.45) is 0 Å². The largest absolute Gasteiger partial charge is 0.397 e. The number of aromatic nitrogens is 5. The highest BCUT2D eigenvalue weighted by molar-refractivity contribution is 7.13. The molecule has 0 saturated heterocycles. The number of thiophene rings is 1. The number of fused-ring (bicyclic) bond motifs is 1. The lowest BCUT2D eigenvalue weighted by atomic mass is 10.1. The second-order valence-electron chi connectivity index (χ2n) is 8.58. The van der Waals surface area contributed by atoms with Crippen LogP contribution in [0.4, 0.5) is 15.8 Å². The van der Waals surface area contributed by atoms with Gasteiger partial charge in [0, 0.05) is 30.1 Å². The van der Waals surface area contributed by atoms with Crippen LogP contribution in [0.1, 0.15) is 37.6 Å². The predicted octanol–water partition coefficient (Wildman–Crippen LogP) is 6.57. The molecule has 4 N–H and O–H groups in total. The zero-order valence-corrected chi connectivity index (χ0v) is 20.7. The minimum atomic E-state index is -0.254. The number of nitrogens with zero attached hydrogens (tertiary/aromatic N) is 4. The van der Waals surface area contributed by atoms with Gasteiger partial charge in [0.05, 0.1) is 39.9 Å². The Morgan fingerprint density at radius 2 is 2.06 bits per heavy atom.